The monoisotopic (exact) mass is 353 g/mol. The minimum Gasteiger partial charge on any atom is -0.387 e. The van der Waals surface area contributed by atoms with Gasteiger partial charge < -0.3 is 24.4 Å². The zero-order chi connectivity index (χ0) is 16.7. The molecule has 1 aromatic heterocycles. The normalized spacial score (nSPS) is 34.5. The molecule has 1 aromatic rings. The Morgan fingerprint density at radius 3 is 2.82 bits per heavy atom. The van der Waals surface area contributed by atoms with Crippen LogP contribution >= 0.6 is 6.64 Å². The summed E-state index contributed by atoms with van der Waals surface area (Å²) in [5, 5.41) is 20.5. The van der Waals surface area contributed by atoms with Crippen LogP contribution in [0.5, 0.6) is 0 Å². The Hall–Kier alpha value is -0.910. The van der Waals surface area contributed by atoms with E-state index in [1.54, 1.807) is 0 Å². The van der Waals surface area contributed by atoms with Crippen molar-refractivity contribution in [2.24, 2.45) is 5.50 Å². The first-order valence-corrected chi connectivity index (χ1v) is 8.90. The van der Waals surface area contributed by atoms with Crippen molar-refractivity contribution in [3.63, 3.8) is 0 Å². The van der Waals surface area contributed by atoms with Crippen LogP contribution in [-0.2, 0) is 21.1 Å². The molecule has 1 unspecified atom stereocenters. The maximum absolute atomic E-state index is 11.8. The van der Waals surface area contributed by atoms with Gasteiger partial charge in [0.25, 0.3) is 12.2 Å². The molecule has 22 heavy (non-hydrogen) atoms. The van der Waals surface area contributed by atoms with Crippen molar-refractivity contribution >= 4 is 18.4 Å². The summed E-state index contributed by atoms with van der Waals surface area (Å²) in [5.41, 5.74) is 1.92. The van der Waals surface area contributed by atoms with Gasteiger partial charge in [-0.05, 0) is 18.7 Å². The lowest BCUT2D eigenvalue weighted by atomic mass is 9.96. The predicted octanol–water partition coefficient (Wildman–Crippen LogP) is -2.26. The first-order valence-electron chi connectivity index (χ1n) is 6.15. The largest absolute Gasteiger partial charge is 0.387 e. The van der Waals surface area contributed by atoms with Crippen LogP contribution in [0.15, 0.2) is 21.9 Å². The van der Waals surface area contributed by atoms with E-state index in [0.717, 1.165) is 16.8 Å². The highest BCUT2D eigenvalue weighted by molar-refractivity contribution is 8.08. The topological polar surface area (TPSA) is 160 Å². The van der Waals surface area contributed by atoms with E-state index in [1.807, 2.05) is 4.98 Å². The lowest BCUT2D eigenvalue weighted by Gasteiger charge is -2.27. The second-order valence-electron chi connectivity index (χ2n) is 5.07. The van der Waals surface area contributed by atoms with E-state index in [9.17, 15) is 24.7 Å². The molecule has 2 heterocycles. The third-order valence-electron chi connectivity index (χ3n) is 3.28. The second-order valence-corrected chi connectivity index (χ2v) is 8.03. The molecule has 1 saturated heterocycles. The van der Waals surface area contributed by atoms with Gasteiger partial charge in [-0.2, -0.15) is 0 Å². The number of nitrogens with one attached hydrogen (secondary N) is 1. The number of aromatic nitrogens is 2. The molecule has 0 radical (unpaired) electrons. The van der Waals surface area contributed by atoms with Gasteiger partial charge in [0.2, 0.25) is 0 Å². The molecule has 0 saturated carbocycles. The van der Waals surface area contributed by atoms with Crippen LogP contribution in [0.25, 0.3) is 0 Å². The van der Waals surface area contributed by atoms with Gasteiger partial charge in [0, 0.05) is 12.3 Å². The molecule has 0 bridgehead atoms. The van der Waals surface area contributed by atoms with Gasteiger partial charge in [-0.25, -0.2) is 4.79 Å². The summed E-state index contributed by atoms with van der Waals surface area (Å²) in [7, 11) is 0. The third kappa shape index (κ3) is 3.53. The van der Waals surface area contributed by atoms with Gasteiger partial charge in [0.15, 0.2) is 6.23 Å². The number of aliphatic hydroxyl groups is 2. The molecule has 0 aromatic carbocycles. The molecule has 1 aliphatic rings. The van der Waals surface area contributed by atoms with Crippen molar-refractivity contribution in [2.75, 3.05) is 6.61 Å². The first kappa shape index (κ1) is 17.4. The number of H-pyrrole nitrogens is 1. The molecule has 0 amide bonds. The zero-order valence-electron chi connectivity index (χ0n) is 11.4. The Balaban J connectivity index is 2.28. The lowest BCUT2D eigenvalue weighted by Crippen LogP contribution is -2.46. The summed E-state index contributed by atoms with van der Waals surface area (Å²) in [6, 6.07) is 1.07. The quantitative estimate of drug-likeness (QED) is 0.376. The van der Waals surface area contributed by atoms with Crippen LogP contribution in [0.3, 0.4) is 0 Å². The standard InChI is InChI=1S/C10H16N3O7PS/c1-10(17)7(15)5(4-19-21(11,18)22)20-8(10)13-3-2-6(14)12-9(13)16/h2-3,5,7-8,15,17H,4H2,1H3,(H3,11,18,22)(H,12,14,16)/t5-,7-,8-,10-,21?/m1/s1. The van der Waals surface area contributed by atoms with Gasteiger partial charge in [0.05, 0.1) is 6.61 Å². The van der Waals surface area contributed by atoms with Crippen LogP contribution in [0, 0.1) is 0 Å². The van der Waals surface area contributed by atoms with E-state index in [0.29, 0.717) is 0 Å². The average Bonchev–Trinajstić information content (AvgIpc) is 2.59. The second kappa shape index (κ2) is 5.95. The van der Waals surface area contributed by atoms with Crippen molar-refractivity contribution in [3.8, 4) is 0 Å². The van der Waals surface area contributed by atoms with Gasteiger partial charge in [-0.3, -0.25) is 19.8 Å². The molecule has 0 spiro atoms. The Labute approximate surface area is 129 Å². The number of rotatable bonds is 4. The average molecular weight is 353 g/mol. The molecular formula is C10H16N3O7PS. The number of hydrogen-bond donors (Lipinski definition) is 5. The number of aromatic amines is 1. The Kier molecular flexibility index (Phi) is 4.71. The highest BCUT2D eigenvalue weighted by atomic mass is 32.5. The van der Waals surface area contributed by atoms with Crippen molar-refractivity contribution in [1.29, 1.82) is 0 Å². The molecule has 1 fully saturated rings. The van der Waals surface area contributed by atoms with E-state index in [-0.39, 0.29) is 6.61 Å². The molecule has 12 heteroatoms. The fourth-order valence-corrected chi connectivity index (χ4v) is 2.71. The summed E-state index contributed by atoms with van der Waals surface area (Å²) in [4.78, 5) is 34.1. The van der Waals surface area contributed by atoms with Crippen LogP contribution in [0.4, 0.5) is 0 Å². The molecule has 5 atom stereocenters. The van der Waals surface area contributed by atoms with Gasteiger partial charge >= 0.3 is 5.69 Å². The van der Waals surface area contributed by atoms with Crippen molar-refractivity contribution < 1.29 is 24.4 Å². The summed E-state index contributed by atoms with van der Waals surface area (Å²) >= 11 is 4.50. The fraction of sp³-hybridized carbons (Fsp3) is 0.600. The Bertz CT molecular complexity index is 711. The smallest absolute Gasteiger partial charge is 0.330 e. The zero-order valence-corrected chi connectivity index (χ0v) is 13.2. The van der Waals surface area contributed by atoms with E-state index in [2.05, 4.69) is 11.8 Å². The number of aliphatic hydroxyl groups excluding tert-OH is 1. The van der Waals surface area contributed by atoms with E-state index < -0.39 is 41.9 Å². The van der Waals surface area contributed by atoms with Crippen molar-refractivity contribution in [2.45, 2.75) is 31.0 Å². The van der Waals surface area contributed by atoms with Gasteiger partial charge in [0.1, 0.15) is 17.8 Å². The summed E-state index contributed by atoms with van der Waals surface area (Å²) < 4.78 is 11.2. The predicted molar refractivity (Wildman–Crippen MR) is 78.5 cm³/mol. The maximum atomic E-state index is 11.8. The third-order valence-corrected chi connectivity index (χ3v) is 4.12. The van der Waals surface area contributed by atoms with Crippen LogP contribution < -0.4 is 16.8 Å². The molecule has 2 rings (SSSR count). The van der Waals surface area contributed by atoms with Crippen LogP contribution in [0.1, 0.15) is 13.2 Å². The Morgan fingerprint density at radius 2 is 2.27 bits per heavy atom. The van der Waals surface area contributed by atoms with Gasteiger partial charge in [-0.15, -0.1) is 0 Å². The molecule has 10 nitrogen and oxygen atoms in total. The summed E-state index contributed by atoms with van der Waals surface area (Å²) in [6.07, 6.45) is -2.64. The molecule has 0 aliphatic carbocycles. The number of ether oxygens (including phenoxy) is 1. The highest BCUT2D eigenvalue weighted by Gasteiger charge is 2.53. The first-order chi connectivity index (χ1) is 10.0. The minimum absolute atomic E-state index is 0.365. The van der Waals surface area contributed by atoms with Crippen LogP contribution in [-0.4, -0.2) is 49.1 Å². The molecule has 6 N–H and O–H groups in total. The maximum Gasteiger partial charge on any atom is 0.330 e. The fourth-order valence-electron chi connectivity index (χ4n) is 2.17. The van der Waals surface area contributed by atoms with E-state index >= 15 is 0 Å². The number of hydrogen-bond acceptors (Lipinski definition) is 7. The van der Waals surface area contributed by atoms with Crippen molar-refractivity contribution in [1.82, 2.24) is 9.55 Å². The van der Waals surface area contributed by atoms with E-state index in [4.69, 9.17) is 14.8 Å². The molecule has 124 valence electrons. The van der Waals surface area contributed by atoms with E-state index in [1.165, 1.54) is 6.92 Å². The SMILES string of the molecule is C[C@@]1(O)[C@H](O)[C@@H](COP(N)(O)=S)O[C@H]1n1ccc(=O)[nH]c1=O. The highest BCUT2D eigenvalue weighted by Crippen LogP contribution is 2.40. The van der Waals surface area contributed by atoms with Gasteiger partial charge in [-0.1, -0.05) is 0 Å². The number of nitrogens with zero attached hydrogens (tertiary/aromatic N) is 1. The summed E-state index contributed by atoms with van der Waals surface area (Å²) in [5.74, 6) is 0. The Morgan fingerprint density at radius 1 is 1.64 bits per heavy atom. The summed E-state index contributed by atoms with van der Waals surface area (Å²) in [6.45, 7) is -2.55. The minimum atomic E-state index is -3.45. The van der Waals surface area contributed by atoms with Crippen molar-refractivity contribution in [3.05, 3.63) is 33.1 Å². The molecular weight excluding hydrogens is 337 g/mol. The van der Waals surface area contributed by atoms with Crippen LogP contribution in [0.2, 0.25) is 0 Å². The lowest BCUT2D eigenvalue weighted by molar-refractivity contribution is -0.0984. The number of nitrogens with two attached hydrogens (primary N) is 1. The molecule has 1 aliphatic heterocycles.